The van der Waals surface area contributed by atoms with Gasteiger partial charge in [0.25, 0.3) is 5.69 Å². The number of ether oxygens (including phenoxy) is 1. The summed E-state index contributed by atoms with van der Waals surface area (Å²) in [6.45, 7) is 3.57. The zero-order chi connectivity index (χ0) is 11.4. The molecule has 0 heterocycles. The maximum absolute atomic E-state index is 11.4. The molecular weight excluding hydrogens is 198 g/mol. The van der Waals surface area contributed by atoms with Crippen LogP contribution >= 0.6 is 0 Å². The molecule has 0 saturated heterocycles. The Bertz CT molecular complexity index is 400. The Morgan fingerprint density at radius 1 is 1.53 bits per heavy atom. The molecule has 0 unspecified atom stereocenters. The van der Waals surface area contributed by atoms with Crippen molar-refractivity contribution in [2.45, 2.75) is 13.8 Å². The van der Waals surface area contributed by atoms with Crippen LogP contribution in [0, 0.1) is 17.0 Å². The Labute approximate surface area is 86.8 Å². The molecule has 15 heavy (non-hydrogen) atoms. The summed E-state index contributed by atoms with van der Waals surface area (Å²) in [7, 11) is 0. The molecule has 0 aromatic heterocycles. The summed E-state index contributed by atoms with van der Waals surface area (Å²) in [5.41, 5.74) is 0.510. The van der Waals surface area contributed by atoms with E-state index in [9.17, 15) is 14.9 Å². The second-order valence-corrected chi connectivity index (χ2v) is 3.00. The summed E-state index contributed by atoms with van der Waals surface area (Å²) in [5.74, 6) is -0.663. The van der Waals surface area contributed by atoms with Crippen molar-refractivity contribution >= 4 is 11.7 Å². The van der Waals surface area contributed by atoms with Crippen molar-refractivity contribution in [3.8, 4) is 0 Å². The van der Waals surface area contributed by atoms with Gasteiger partial charge in [0.15, 0.2) is 0 Å². The lowest BCUT2D eigenvalue weighted by Crippen LogP contribution is -2.08. The highest BCUT2D eigenvalue weighted by atomic mass is 16.6. The Morgan fingerprint density at radius 2 is 2.20 bits per heavy atom. The van der Waals surface area contributed by atoms with Crippen molar-refractivity contribution in [1.82, 2.24) is 0 Å². The molecule has 5 nitrogen and oxygen atoms in total. The van der Waals surface area contributed by atoms with Crippen LogP contribution in [-0.4, -0.2) is 17.5 Å². The quantitative estimate of drug-likeness (QED) is 0.434. The summed E-state index contributed by atoms with van der Waals surface area (Å²) in [5, 5.41) is 10.7. The molecule has 0 atom stereocenters. The van der Waals surface area contributed by atoms with E-state index in [2.05, 4.69) is 0 Å². The third-order valence-corrected chi connectivity index (χ3v) is 1.85. The van der Waals surface area contributed by atoms with Crippen molar-refractivity contribution < 1.29 is 14.5 Å². The predicted molar refractivity (Wildman–Crippen MR) is 53.8 cm³/mol. The van der Waals surface area contributed by atoms with Crippen LogP contribution in [0.15, 0.2) is 18.2 Å². The molecule has 0 aliphatic rings. The van der Waals surface area contributed by atoms with Crippen LogP contribution in [-0.2, 0) is 4.74 Å². The average Bonchev–Trinajstić information content (AvgIpc) is 2.17. The van der Waals surface area contributed by atoms with E-state index < -0.39 is 10.9 Å². The molecule has 0 spiro atoms. The van der Waals surface area contributed by atoms with Gasteiger partial charge in [0.2, 0.25) is 0 Å². The fraction of sp³-hybridized carbons (Fsp3) is 0.300. The van der Waals surface area contributed by atoms with Crippen LogP contribution in [0.4, 0.5) is 5.69 Å². The van der Waals surface area contributed by atoms with Crippen LogP contribution in [0.2, 0.25) is 0 Å². The van der Waals surface area contributed by atoms with E-state index >= 15 is 0 Å². The van der Waals surface area contributed by atoms with E-state index in [1.807, 2.05) is 0 Å². The molecule has 5 heteroatoms. The third kappa shape index (κ3) is 2.52. The van der Waals surface area contributed by atoms with Crippen molar-refractivity contribution in [2.75, 3.05) is 6.61 Å². The van der Waals surface area contributed by atoms with Crippen LogP contribution in [0.1, 0.15) is 22.8 Å². The first kappa shape index (κ1) is 11.2. The summed E-state index contributed by atoms with van der Waals surface area (Å²) in [4.78, 5) is 21.5. The number of hydrogen-bond acceptors (Lipinski definition) is 4. The monoisotopic (exact) mass is 209 g/mol. The van der Waals surface area contributed by atoms with Crippen molar-refractivity contribution in [3.63, 3.8) is 0 Å². The molecular formula is C10H11NO4. The summed E-state index contributed by atoms with van der Waals surface area (Å²) >= 11 is 0. The van der Waals surface area contributed by atoms with Crippen LogP contribution in [0.25, 0.3) is 0 Å². The smallest absolute Gasteiger partial charge is 0.345 e. The molecule has 0 amide bonds. The van der Waals surface area contributed by atoms with E-state index in [4.69, 9.17) is 4.74 Å². The Morgan fingerprint density at radius 3 is 2.73 bits per heavy atom. The first-order chi connectivity index (χ1) is 7.06. The summed E-state index contributed by atoms with van der Waals surface area (Å²) in [6.07, 6.45) is 0. The van der Waals surface area contributed by atoms with Gasteiger partial charge in [-0.3, -0.25) is 10.1 Å². The molecule has 0 aliphatic carbocycles. The number of carbonyl (C=O) groups excluding carboxylic acids is 1. The first-order valence-electron chi connectivity index (χ1n) is 4.48. The molecule has 1 aromatic carbocycles. The number of aryl methyl sites for hydroxylation is 1. The largest absolute Gasteiger partial charge is 0.462 e. The standard InChI is InChI=1S/C10H11NO4/c1-3-15-10(12)8-5-4-7(2)6-9(8)11(13)14/h4-6H,3H2,1-2H3. The van der Waals surface area contributed by atoms with Gasteiger partial charge >= 0.3 is 5.97 Å². The SMILES string of the molecule is CCOC(=O)c1ccc(C)cc1[N+](=O)[O-]. The fourth-order valence-corrected chi connectivity index (χ4v) is 1.17. The molecule has 0 radical (unpaired) electrons. The first-order valence-corrected chi connectivity index (χ1v) is 4.48. The van der Waals surface area contributed by atoms with E-state index in [0.29, 0.717) is 0 Å². The number of hydrogen-bond donors (Lipinski definition) is 0. The third-order valence-electron chi connectivity index (χ3n) is 1.85. The van der Waals surface area contributed by atoms with Crippen molar-refractivity contribution in [1.29, 1.82) is 0 Å². The van der Waals surface area contributed by atoms with Gasteiger partial charge in [0, 0.05) is 6.07 Å². The zero-order valence-electron chi connectivity index (χ0n) is 8.52. The number of nitrogens with zero attached hydrogens (tertiary/aromatic N) is 1. The molecule has 0 saturated carbocycles. The summed E-state index contributed by atoms with van der Waals surface area (Å²) in [6, 6.07) is 4.40. The van der Waals surface area contributed by atoms with Crippen LogP contribution in [0.5, 0.6) is 0 Å². The van der Waals surface area contributed by atoms with Gasteiger partial charge in [-0.2, -0.15) is 0 Å². The van der Waals surface area contributed by atoms with E-state index in [0.717, 1.165) is 5.56 Å². The lowest BCUT2D eigenvalue weighted by Gasteiger charge is -2.03. The van der Waals surface area contributed by atoms with Crippen molar-refractivity contribution in [2.24, 2.45) is 0 Å². The number of benzene rings is 1. The topological polar surface area (TPSA) is 69.4 Å². The van der Waals surface area contributed by atoms with E-state index in [1.165, 1.54) is 12.1 Å². The molecule has 0 aliphatic heterocycles. The van der Waals surface area contributed by atoms with Gasteiger partial charge < -0.3 is 4.74 Å². The Kier molecular flexibility index (Phi) is 3.38. The minimum atomic E-state index is -0.663. The molecule has 1 aromatic rings. The highest BCUT2D eigenvalue weighted by Gasteiger charge is 2.20. The molecule has 80 valence electrons. The number of esters is 1. The minimum Gasteiger partial charge on any atom is -0.462 e. The molecule has 0 fully saturated rings. The van der Waals surface area contributed by atoms with Crippen LogP contribution in [0.3, 0.4) is 0 Å². The number of rotatable bonds is 3. The Balaban J connectivity index is 3.17. The van der Waals surface area contributed by atoms with E-state index in [1.54, 1.807) is 19.9 Å². The maximum Gasteiger partial charge on any atom is 0.345 e. The van der Waals surface area contributed by atoms with Crippen molar-refractivity contribution in [3.05, 3.63) is 39.4 Å². The zero-order valence-corrected chi connectivity index (χ0v) is 8.52. The highest BCUT2D eigenvalue weighted by Crippen LogP contribution is 2.20. The minimum absolute atomic E-state index is 0.00699. The predicted octanol–water partition coefficient (Wildman–Crippen LogP) is 2.08. The molecule has 0 N–H and O–H groups in total. The van der Waals surface area contributed by atoms with Gasteiger partial charge in [0.1, 0.15) is 5.56 Å². The number of carbonyl (C=O) groups is 1. The number of nitro groups is 1. The Hall–Kier alpha value is -1.91. The van der Waals surface area contributed by atoms with Gasteiger partial charge in [-0.1, -0.05) is 6.07 Å². The normalized spacial score (nSPS) is 9.73. The van der Waals surface area contributed by atoms with Gasteiger partial charge in [0.05, 0.1) is 11.5 Å². The average molecular weight is 209 g/mol. The second-order valence-electron chi connectivity index (χ2n) is 3.00. The van der Waals surface area contributed by atoms with Gasteiger partial charge in [-0.05, 0) is 25.5 Å². The molecule has 1 rings (SSSR count). The van der Waals surface area contributed by atoms with Gasteiger partial charge in [-0.25, -0.2) is 4.79 Å². The fourth-order valence-electron chi connectivity index (χ4n) is 1.17. The highest BCUT2D eigenvalue weighted by molar-refractivity contribution is 5.94. The van der Waals surface area contributed by atoms with Crippen LogP contribution < -0.4 is 0 Å². The maximum atomic E-state index is 11.4. The van der Waals surface area contributed by atoms with Gasteiger partial charge in [-0.15, -0.1) is 0 Å². The summed E-state index contributed by atoms with van der Waals surface area (Å²) < 4.78 is 4.72. The lowest BCUT2D eigenvalue weighted by atomic mass is 10.1. The second kappa shape index (κ2) is 4.54. The lowest BCUT2D eigenvalue weighted by molar-refractivity contribution is -0.385. The van der Waals surface area contributed by atoms with E-state index in [-0.39, 0.29) is 17.9 Å². The molecule has 0 bridgehead atoms. The number of nitro benzene ring substituents is 1.